The van der Waals surface area contributed by atoms with E-state index in [0.717, 1.165) is 0 Å². The van der Waals surface area contributed by atoms with Crippen molar-refractivity contribution < 1.29 is 9.53 Å². The quantitative estimate of drug-likeness (QED) is 0.634. The number of carbonyl (C=O) groups is 1. The third kappa shape index (κ3) is 3.94. The van der Waals surface area contributed by atoms with Crippen molar-refractivity contribution in [1.29, 1.82) is 0 Å². The van der Waals surface area contributed by atoms with Crippen LogP contribution in [0.15, 0.2) is 12.7 Å². The van der Waals surface area contributed by atoms with Gasteiger partial charge in [-0.25, -0.2) is 0 Å². The molecule has 0 unspecified atom stereocenters. The third-order valence-electron chi connectivity index (χ3n) is 2.89. The van der Waals surface area contributed by atoms with Crippen LogP contribution in [0.1, 0.15) is 26.7 Å². The molecule has 2 N–H and O–H groups in total. The van der Waals surface area contributed by atoms with E-state index in [0.29, 0.717) is 32.5 Å². The Morgan fingerprint density at radius 2 is 2.06 bits per heavy atom. The molecule has 0 aliphatic rings. The van der Waals surface area contributed by atoms with Gasteiger partial charge in [0.1, 0.15) is 0 Å². The average molecular weight is 228 g/mol. The van der Waals surface area contributed by atoms with Crippen LogP contribution in [0.3, 0.4) is 0 Å². The molecule has 0 aromatic rings. The summed E-state index contributed by atoms with van der Waals surface area (Å²) < 4.78 is 4.98. The molecule has 94 valence electrons. The molecule has 4 nitrogen and oxygen atoms in total. The zero-order valence-corrected chi connectivity index (χ0v) is 10.7. The fraction of sp³-hybridized carbons (Fsp3) is 0.750. The molecule has 0 rings (SSSR count). The second kappa shape index (κ2) is 7.41. The first-order valence-electron chi connectivity index (χ1n) is 5.73. The van der Waals surface area contributed by atoms with E-state index in [1.807, 2.05) is 13.8 Å². The Morgan fingerprint density at radius 3 is 2.44 bits per heavy atom. The number of rotatable bonds is 8. The van der Waals surface area contributed by atoms with Crippen LogP contribution in [-0.4, -0.2) is 43.2 Å². The highest BCUT2D eigenvalue weighted by Gasteiger charge is 2.33. The van der Waals surface area contributed by atoms with Crippen molar-refractivity contribution in [1.82, 2.24) is 4.90 Å². The summed E-state index contributed by atoms with van der Waals surface area (Å²) in [6.07, 6.45) is 2.99. The Hall–Kier alpha value is -0.870. The maximum Gasteiger partial charge on any atom is 0.242 e. The summed E-state index contributed by atoms with van der Waals surface area (Å²) >= 11 is 0. The monoisotopic (exact) mass is 228 g/mol. The molecule has 4 heteroatoms. The van der Waals surface area contributed by atoms with E-state index in [1.54, 1.807) is 18.1 Å². The maximum absolute atomic E-state index is 12.2. The molecule has 0 bridgehead atoms. The molecule has 0 spiro atoms. The molecule has 0 atom stereocenters. The molecule has 0 aliphatic heterocycles. The van der Waals surface area contributed by atoms with Crippen LogP contribution in [0.25, 0.3) is 0 Å². The van der Waals surface area contributed by atoms with Crippen molar-refractivity contribution in [3.8, 4) is 0 Å². The largest absolute Gasteiger partial charge is 0.383 e. The molecule has 0 radical (unpaired) electrons. The minimum atomic E-state index is -0.753. The fourth-order valence-electron chi connectivity index (χ4n) is 1.50. The number of nitrogens with zero attached hydrogens (tertiary/aromatic N) is 1. The van der Waals surface area contributed by atoms with Crippen LogP contribution >= 0.6 is 0 Å². The van der Waals surface area contributed by atoms with Gasteiger partial charge in [-0.3, -0.25) is 4.79 Å². The lowest BCUT2D eigenvalue weighted by Crippen LogP contribution is -2.55. The van der Waals surface area contributed by atoms with E-state index in [1.165, 1.54) is 0 Å². The standard InChI is InChI=1S/C12H24N2O2/c1-5-8-14(9-10-16-4)11(15)12(13,6-2)7-3/h5H,1,6-10,13H2,2-4H3. The molecule has 0 heterocycles. The van der Waals surface area contributed by atoms with E-state index in [9.17, 15) is 4.79 Å². The lowest BCUT2D eigenvalue weighted by atomic mass is 9.92. The number of amides is 1. The third-order valence-corrected chi connectivity index (χ3v) is 2.89. The second-order valence-electron chi connectivity index (χ2n) is 3.90. The zero-order valence-electron chi connectivity index (χ0n) is 10.7. The van der Waals surface area contributed by atoms with Crippen LogP contribution in [0.5, 0.6) is 0 Å². The second-order valence-corrected chi connectivity index (χ2v) is 3.90. The van der Waals surface area contributed by atoms with E-state index >= 15 is 0 Å². The van der Waals surface area contributed by atoms with Crippen molar-refractivity contribution in [2.75, 3.05) is 26.8 Å². The summed E-state index contributed by atoms with van der Waals surface area (Å²) in [6, 6.07) is 0. The number of hydrogen-bond donors (Lipinski definition) is 1. The highest BCUT2D eigenvalue weighted by atomic mass is 16.5. The number of methoxy groups -OCH3 is 1. The van der Waals surface area contributed by atoms with Gasteiger partial charge < -0.3 is 15.4 Å². The summed E-state index contributed by atoms with van der Waals surface area (Å²) in [6.45, 7) is 9.11. The first-order chi connectivity index (χ1) is 7.55. The number of hydrogen-bond acceptors (Lipinski definition) is 3. The Kier molecular flexibility index (Phi) is 7.01. The van der Waals surface area contributed by atoms with Gasteiger partial charge in [-0.05, 0) is 12.8 Å². The molecule has 0 aliphatic carbocycles. The Labute approximate surface area is 98.4 Å². The van der Waals surface area contributed by atoms with Gasteiger partial charge in [-0.15, -0.1) is 6.58 Å². The van der Waals surface area contributed by atoms with Crippen LogP contribution in [0, 0.1) is 0 Å². The summed E-state index contributed by atoms with van der Waals surface area (Å²) in [7, 11) is 1.62. The van der Waals surface area contributed by atoms with Crippen LogP contribution in [0.2, 0.25) is 0 Å². The summed E-state index contributed by atoms with van der Waals surface area (Å²) in [5, 5.41) is 0. The summed E-state index contributed by atoms with van der Waals surface area (Å²) in [5.74, 6) is -0.0190. The Balaban J connectivity index is 4.63. The van der Waals surface area contributed by atoms with Gasteiger partial charge in [0.25, 0.3) is 0 Å². The molecule has 0 saturated heterocycles. The lowest BCUT2D eigenvalue weighted by molar-refractivity contribution is -0.137. The minimum Gasteiger partial charge on any atom is -0.383 e. The van der Waals surface area contributed by atoms with Gasteiger partial charge in [-0.2, -0.15) is 0 Å². The van der Waals surface area contributed by atoms with Crippen molar-refractivity contribution in [3.05, 3.63) is 12.7 Å². The molecule has 1 amide bonds. The van der Waals surface area contributed by atoms with Gasteiger partial charge >= 0.3 is 0 Å². The number of carbonyl (C=O) groups excluding carboxylic acids is 1. The normalized spacial score (nSPS) is 11.2. The van der Waals surface area contributed by atoms with Gasteiger partial charge in [0.05, 0.1) is 12.1 Å². The topological polar surface area (TPSA) is 55.6 Å². The smallest absolute Gasteiger partial charge is 0.242 e. The zero-order chi connectivity index (χ0) is 12.6. The van der Waals surface area contributed by atoms with Gasteiger partial charge in [-0.1, -0.05) is 19.9 Å². The fourth-order valence-corrected chi connectivity index (χ4v) is 1.50. The predicted octanol–water partition coefficient (Wildman–Crippen LogP) is 1.16. The van der Waals surface area contributed by atoms with E-state index in [-0.39, 0.29) is 5.91 Å². The Bertz CT molecular complexity index is 225. The minimum absolute atomic E-state index is 0.0190. The predicted molar refractivity (Wildman–Crippen MR) is 66.2 cm³/mol. The maximum atomic E-state index is 12.2. The summed E-state index contributed by atoms with van der Waals surface area (Å²) in [4.78, 5) is 13.9. The van der Waals surface area contributed by atoms with E-state index in [2.05, 4.69) is 6.58 Å². The molecule has 0 saturated carbocycles. The first kappa shape index (κ1) is 15.1. The molecular formula is C12H24N2O2. The van der Waals surface area contributed by atoms with Crippen LogP contribution in [-0.2, 0) is 9.53 Å². The van der Waals surface area contributed by atoms with E-state index in [4.69, 9.17) is 10.5 Å². The van der Waals surface area contributed by atoms with Crippen LogP contribution < -0.4 is 5.73 Å². The molecule has 0 aromatic heterocycles. The summed E-state index contributed by atoms with van der Waals surface area (Å²) in [5.41, 5.74) is 5.32. The van der Waals surface area contributed by atoms with Crippen molar-refractivity contribution >= 4 is 5.91 Å². The molecule has 0 aromatic carbocycles. The highest BCUT2D eigenvalue weighted by molar-refractivity contribution is 5.86. The SMILES string of the molecule is C=CCN(CCOC)C(=O)C(N)(CC)CC. The number of nitrogens with two attached hydrogens (primary N) is 1. The Morgan fingerprint density at radius 1 is 1.50 bits per heavy atom. The van der Waals surface area contributed by atoms with Gasteiger partial charge in [0.15, 0.2) is 0 Å². The lowest BCUT2D eigenvalue weighted by Gasteiger charge is -2.32. The highest BCUT2D eigenvalue weighted by Crippen LogP contribution is 2.15. The molecular weight excluding hydrogens is 204 g/mol. The van der Waals surface area contributed by atoms with E-state index < -0.39 is 5.54 Å². The van der Waals surface area contributed by atoms with Crippen molar-refractivity contribution in [3.63, 3.8) is 0 Å². The number of ether oxygens (including phenoxy) is 1. The molecule has 0 fully saturated rings. The van der Waals surface area contributed by atoms with Crippen molar-refractivity contribution in [2.45, 2.75) is 32.2 Å². The van der Waals surface area contributed by atoms with Crippen LogP contribution in [0.4, 0.5) is 0 Å². The average Bonchev–Trinajstić information content (AvgIpc) is 2.32. The first-order valence-corrected chi connectivity index (χ1v) is 5.73. The molecule has 16 heavy (non-hydrogen) atoms. The van der Waals surface area contributed by atoms with Gasteiger partial charge in [0.2, 0.25) is 5.91 Å². The van der Waals surface area contributed by atoms with Crippen molar-refractivity contribution in [2.24, 2.45) is 5.73 Å². The van der Waals surface area contributed by atoms with Gasteiger partial charge in [0, 0.05) is 20.2 Å².